The molecule has 1 aromatic rings. The minimum atomic E-state index is -0.575. The summed E-state index contributed by atoms with van der Waals surface area (Å²) in [6, 6.07) is 1.25. The summed E-state index contributed by atoms with van der Waals surface area (Å²) in [5.41, 5.74) is 5.26. The van der Waals surface area contributed by atoms with Crippen molar-refractivity contribution in [1.82, 2.24) is 4.98 Å². The van der Waals surface area contributed by atoms with E-state index in [1.807, 2.05) is 18.7 Å². The monoisotopic (exact) mass is 295 g/mol. The molecule has 114 valence electrons. The highest BCUT2D eigenvalue weighted by Gasteiger charge is 2.30. The summed E-state index contributed by atoms with van der Waals surface area (Å²) in [7, 11) is 0. The maximum absolute atomic E-state index is 10.8. The van der Waals surface area contributed by atoms with E-state index in [-0.39, 0.29) is 22.7 Å². The molecule has 2 heterocycles. The Morgan fingerprint density at radius 1 is 1.67 bits per heavy atom. The van der Waals surface area contributed by atoms with Gasteiger partial charge in [0.2, 0.25) is 0 Å². The van der Waals surface area contributed by atoms with E-state index in [1.54, 1.807) is 0 Å². The Balaban J connectivity index is 2.45. The lowest BCUT2D eigenvalue weighted by molar-refractivity contribution is -0.385. The Kier molecular flexibility index (Phi) is 3.94. The van der Waals surface area contributed by atoms with Crippen LogP contribution >= 0.6 is 0 Å². The van der Waals surface area contributed by atoms with E-state index in [4.69, 9.17) is 15.7 Å². The molecular formula is C12H17N5O4. The number of oxime groups is 1. The first-order chi connectivity index (χ1) is 9.84. The number of hydrogen-bond acceptors (Lipinski definition) is 7. The zero-order valence-electron chi connectivity index (χ0n) is 11.8. The van der Waals surface area contributed by atoms with Gasteiger partial charge in [0.05, 0.1) is 22.7 Å². The molecule has 1 aliphatic rings. The molecule has 1 fully saturated rings. The summed E-state index contributed by atoms with van der Waals surface area (Å²) in [5, 5.41) is 22.6. The van der Waals surface area contributed by atoms with Gasteiger partial charge in [-0.3, -0.25) is 10.1 Å². The number of rotatable bonds is 3. The summed E-state index contributed by atoms with van der Waals surface area (Å²) in [6.07, 6.45) is 1.16. The Morgan fingerprint density at radius 3 is 2.95 bits per heavy atom. The molecule has 0 radical (unpaired) electrons. The Labute approximate surface area is 121 Å². The fourth-order valence-corrected chi connectivity index (χ4v) is 2.24. The summed E-state index contributed by atoms with van der Waals surface area (Å²) >= 11 is 0. The lowest BCUT2D eigenvalue weighted by atomic mass is 10.1. The second kappa shape index (κ2) is 5.52. The average Bonchev–Trinajstić information content (AvgIpc) is 2.44. The topological polar surface area (TPSA) is 127 Å². The highest BCUT2D eigenvalue weighted by atomic mass is 16.6. The van der Waals surface area contributed by atoms with E-state index in [2.05, 4.69) is 10.1 Å². The fourth-order valence-electron chi connectivity index (χ4n) is 2.24. The van der Waals surface area contributed by atoms with Crippen molar-refractivity contribution < 1.29 is 14.9 Å². The third kappa shape index (κ3) is 3.19. The van der Waals surface area contributed by atoms with Crippen LogP contribution < -0.4 is 10.6 Å². The van der Waals surface area contributed by atoms with Crippen LogP contribution in [-0.2, 0) is 4.74 Å². The largest absolute Gasteiger partial charge is 0.409 e. The van der Waals surface area contributed by atoms with Crippen molar-refractivity contribution in [3.63, 3.8) is 0 Å². The van der Waals surface area contributed by atoms with Crippen molar-refractivity contribution in [2.45, 2.75) is 19.4 Å². The SMILES string of the molecule is CC1(C)CN(c2ncc([N+](=O)[O-])cc2C(N)=NO)CCO1. The predicted molar refractivity (Wildman–Crippen MR) is 75.6 cm³/mol. The van der Waals surface area contributed by atoms with Crippen LogP contribution in [0.4, 0.5) is 11.5 Å². The van der Waals surface area contributed by atoms with Gasteiger partial charge in [-0.1, -0.05) is 5.16 Å². The van der Waals surface area contributed by atoms with Crippen molar-refractivity contribution in [3.8, 4) is 0 Å². The summed E-state index contributed by atoms with van der Waals surface area (Å²) in [6.45, 7) is 5.49. The van der Waals surface area contributed by atoms with Gasteiger partial charge < -0.3 is 20.6 Å². The molecule has 9 nitrogen and oxygen atoms in total. The third-order valence-corrected chi connectivity index (χ3v) is 3.17. The van der Waals surface area contributed by atoms with Crippen LogP contribution in [-0.4, -0.2) is 46.2 Å². The highest BCUT2D eigenvalue weighted by Crippen LogP contribution is 2.26. The van der Waals surface area contributed by atoms with E-state index >= 15 is 0 Å². The second-order valence-corrected chi connectivity index (χ2v) is 5.34. The summed E-state index contributed by atoms with van der Waals surface area (Å²) in [5.74, 6) is 0.220. The number of hydrogen-bond donors (Lipinski definition) is 2. The molecule has 1 aliphatic heterocycles. The van der Waals surface area contributed by atoms with Crippen LogP contribution in [0.3, 0.4) is 0 Å². The van der Waals surface area contributed by atoms with Gasteiger partial charge in [-0.15, -0.1) is 0 Å². The van der Waals surface area contributed by atoms with Crippen LogP contribution in [0.2, 0.25) is 0 Å². The first-order valence-corrected chi connectivity index (χ1v) is 6.35. The number of pyridine rings is 1. The van der Waals surface area contributed by atoms with Crippen molar-refractivity contribution in [2.24, 2.45) is 10.9 Å². The molecule has 9 heteroatoms. The number of nitrogens with zero attached hydrogens (tertiary/aromatic N) is 4. The molecule has 1 aromatic heterocycles. The zero-order chi connectivity index (χ0) is 15.6. The third-order valence-electron chi connectivity index (χ3n) is 3.17. The average molecular weight is 295 g/mol. The van der Waals surface area contributed by atoms with Gasteiger partial charge >= 0.3 is 0 Å². The van der Waals surface area contributed by atoms with E-state index < -0.39 is 4.92 Å². The minimum Gasteiger partial charge on any atom is -0.409 e. The summed E-state index contributed by atoms with van der Waals surface area (Å²) < 4.78 is 5.62. The molecule has 0 aromatic carbocycles. The Bertz CT molecular complexity index is 587. The first kappa shape index (κ1) is 15.0. The number of amidine groups is 1. The van der Waals surface area contributed by atoms with Crippen molar-refractivity contribution >= 4 is 17.3 Å². The smallest absolute Gasteiger partial charge is 0.288 e. The van der Waals surface area contributed by atoms with Gasteiger partial charge in [0.15, 0.2) is 5.84 Å². The van der Waals surface area contributed by atoms with Crippen LogP contribution in [0.1, 0.15) is 19.4 Å². The quantitative estimate of drug-likeness (QED) is 0.276. The molecular weight excluding hydrogens is 278 g/mol. The molecule has 3 N–H and O–H groups in total. The van der Waals surface area contributed by atoms with Crippen molar-refractivity contribution in [3.05, 3.63) is 27.9 Å². The van der Waals surface area contributed by atoms with Gasteiger partial charge in [-0.05, 0) is 13.8 Å². The number of ether oxygens (including phenoxy) is 1. The van der Waals surface area contributed by atoms with Gasteiger partial charge in [0, 0.05) is 19.2 Å². The predicted octanol–water partition coefficient (Wildman–Crippen LogP) is 0.700. The second-order valence-electron chi connectivity index (χ2n) is 5.34. The molecule has 2 rings (SSSR count). The molecule has 0 spiro atoms. The van der Waals surface area contributed by atoms with Gasteiger partial charge in [-0.25, -0.2) is 4.98 Å². The fraction of sp³-hybridized carbons (Fsp3) is 0.500. The van der Waals surface area contributed by atoms with E-state index in [1.165, 1.54) is 6.07 Å². The van der Waals surface area contributed by atoms with Crippen molar-refractivity contribution in [2.75, 3.05) is 24.6 Å². The number of anilines is 1. The maximum atomic E-state index is 10.8. The number of aromatic nitrogens is 1. The van der Waals surface area contributed by atoms with E-state index in [0.29, 0.717) is 25.5 Å². The zero-order valence-corrected chi connectivity index (χ0v) is 11.8. The van der Waals surface area contributed by atoms with Gasteiger partial charge in [0.1, 0.15) is 12.0 Å². The van der Waals surface area contributed by atoms with Crippen LogP contribution in [0, 0.1) is 10.1 Å². The molecule has 0 amide bonds. The molecule has 0 aliphatic carbocycles. The van der Waals surface area contributed by atoms with Gasteiger partial charge in [0.25, 0.3) is 5.69 Å². The lowest BCUT2D eigenvalue weighted by Crippen LogP contribution is -2.49. The summed E-state index contributed by atoms with van der Waals surface area (Å²) in [4.78, 5) is 16.3. The standard InChI is InChI=1S/C12H17N5O4/c1-12(2)7-16(3-4-21-12)11-9(10(13)15-18)5-8(6-14-11)17(19)20/h5-6,18H,3-4,7H2,1-2H3,(H2,13,15). The normalized spacial score (nSPS) is 18.6. The minimum absolute atomic E-state index is 0.215. The van der Waals surface area contributed by atoms with Crippen LogP contribution in [0.25, 0.3) is 0 Å². The number of nitrogens with two attached hydrogens (primary N) is 1. The van der Waals surface area contributed by atoms with Crippen LogP contribution in [0.5, 0.6) is 0 Å². The van der Waals surface area contributed by atoms with E-state index in [9.17, 15) is 10.1 Å². The van der Waals surface area contributed by atoms with Crippen LogP contribution in [0.15, 0.2) is 17.4 Å². The Hall–Kier alpha value is -2.42. The molecule has 0 saturated carbocycles. The molecule has 1 saturated heterocycles. The molecule has 0 atom stereocenters. The number of nitro groups is 1. The molecule has 21 heavy (non-hydrogen) atoms. The van der Waals surface area contributed by atoms with E-state index in [0.717, 1.165) is 6.20 Å². The Morgan fingerprint density at radius 2 is 2.38 bits per heavy atom. The maximum Gasteiger partial charge on any atom is 0.288 e. The lowest BCUT2D eigenvalue weighted by Gasteiger charge is -2.39. The molecule has 0 unspecified atom stereocenters. The highest BCUT2D eigenvalue weighted by molar-refractivity contribution is 6.02. The van der Waals surface area contributed by atoms with Gasteiger partial charge in [-0.2, -0.15) is 0 Å². The van der Waals surface area contributed by atoms with Crippen molar-refractivity contribution in [1.29, 1.82) is 0 Å². The number of morpholine rings is 1. The molecule has 0 bridgehead atoms. The first-order valence-electron chi connectivity index (χ1n) is 6.35.